The van der Waals surface area contributed by atoms with Crippen LogP contribution in [0.25, 0.3) is 0 Å². The number of hydrogen-bond donors (Lipinski definition) is 2. The van der Waals surface area contributed by atoms with Gasteiger partial charge in [0.1, 0.15) is 12.0 Å². The van der Waals surface area contributed by atoms with E-state index in [0.717, 1.165) is 6.42 Å². The fourth-order valence-electron chi connectivity index (χ4n) is 1.77. The molecule has 0 aromatic heterocycles. The Morgan fingerprint density at radius 2 is 1.95 bits per heavy atom. The monoisotopic (exact) mass is 293 g/mol. The number of carbonyl (C=O) groups is 2. The second kappa shape index (κ2) is 7.78. The summed E-state index contributed by atoms with van der Waals surface area (Å²) in [5.41, 5.74) is -0.506. The van der Waals surface area contributed by atoms with Crippen LogP contribution < -0.4 is 5.32 Å². The molecule has 1 aromatic carbocycles. The van der Waals surface area contributed by atoms with Crippen molar-refractivity contribution in [2.75, 3.05) is 13.2 Å². The summed E-state index contributed by atoms with van der Waals surface area (Å²) in [7, 11) is 0. The first-order chi connectivity index (χ1) is 9.90. The van der Waals surface area contributed by atoms with E-state index in [1.165, 1.54) is 0 Å². The molecule has 0 bridgehead atoms. The minimum atomic E-state index is -1.16. The highest BCUT2D eigenvalue weighted by atomic mass is 16.5. The van der Waals surface area contributed by atoms with Gasteiger partial charge in [-0.3, -0.25) is 9.59 Å². The van der Waals surface area contributed by atoms with Gasteiger partial charge in [-0.05, 0) is 25.8 Å². The molecule has 0 radical (unpaired) electrons. The van der Waals surface area contributed by atoms with Gasteiger partial charge in [-0.25, -0.2) is 0 Å². The lowest BCUT2D eigenvalue weighted by molar-refractivity contribution is -0.143. The van der Waals surface area contributed by atoms with Gasteiger partial charge in [0, 0.05) is 6.54 Å². The van der Waals surface area contributed by atoms with Crippen LogP contribution in [0.15, 0.2) is 30.3 Å². The lowest BCUT2D eigenvalue weighted by atomic mass is 9.82. The molecule has 1 amide bonds. The zero-order valence-electron chi connectivity index (χ0n) is 12.8. The first kappa shape index (κ1) is 17.2. The number of hydrogen-bond acceptors (Lipinski definition) is 3. The highest BCUT2D eigenvalue weighted by Crippen LogP contribution is 2.23. The van der Waals surface area contributed by atoms with Crippen LogP contribution in [0.3, 0.4) is 0 Å². The van der Waals surface area contributed by atoms with E-state index in [2.05, 4.69) is 5.32 Å². The highest BCUT2D eigenvalue weighted by Gasteiger charge is 2.35. The number of nitrogens with one attached hydrogen (secondary N) is 1. The summed E-state index contributed by atoms with van der Waals surface area (Å²) >= 11 is 0. The van der Waals surface area contributed by atoms with E-state index < -0.39 is 11.4 Å². The fourth-order valence-corrected chi connectivity index (χ4v) is 1.77. The summed E-state index contributed by atoms with van der Waals surface area (Å²) in [4.78, 5) is 23.3. The topological polar surface area (TPSA) is 75.6 Å². The van der Waals surface area contributed by atoms with E-state index in [1.54, 1.807) is 31.2 Å². The maximum Gasteiger partial charge on any atom is 0.315 e. The van der Waals surface area contributed by atoms with Crippen LogP contribution in [-0.2, 0) is 19.7 Å². The van der Waals surface area contributed by atoms with Gasteiger partial charge in [0.2, 0.25) is 5.91 Å². The molecule has 2 atom stereocenters. The third-order valence-electron chi connectivity index (χ3n) is 3.60. The lowest BCUT2D eigenvalue weighted by Gasteiger charge is -2.25. The second-order valence-electron chi connectivity index (χ2n) is 5.31. The first-order valence-corrected chi connectivity index (χ1v) is 7.07. The van der Waals surface area contributed by atoms with Gasteiger partial charge >= 0.3 is 5.97 Å². The Kier molecular flexibility index (Phi) is 6.37. The number of carbonyl (C=O) groups excluding carboxylic acids is 1. The Hall–Kier alpha value is -1.88. The van der Waals surface area contributed by atoms with Crippen LogP contribution in [-0.4, -0.2) is 36.2 Å². The standard InChI is InChI=1S/C16H23NO4/c1-4-12(2)21-10-14(18)17-11-16(3,15(19)20)13-8-6-5-7-9-13/h5-9,12H,4,10-11H2,1-3H3,(H,17,18)(H,19,20). The molecule has 1 aromatic rings. The predicted octanol–water partition coefficient (Wildman–Crippen LogP) is 1.96. The third kappa shape index (κ3) is 4.86. The number of ether oxygens (including phenoxy) is 1. The second-order valence-corrected chi connectivity index (χ2v) is 5.31. The van der Waals surface area contributed by atoms with Crippen LogP contribution in [0.1, 0.15) is 32.8 Å². The first-order valence-electron chi connectivity index (χ1n) is 7.07. The summed E-state index contributed by atoms with van der Waals surface area (Å²) in [6.45, 7) is 5.42. The van der Waals surface area contributed by atoms with Crippen molar-refractivity contribution >= 4 is 11.9 Å². The van der Waals surface area contributed by atoms with E-state index >= 15 is 0 Å². The molecular weight excluding hydrogens is 270 g/mol. The Bertz CT molecular complexity index is 474. The maximum atomic E-state index is 11.7. The van der Waals surface area contributed by atoms with E-state index in [4.69, 9.17) is 4.74 Å². The Morgan fingerprint density at radius 3 is 2.48 bits per heavy atom. The Morgan fingerprint density at radius 1 is 1.33 bits per heavy atom. The van der Waals surface area contributed by atoms with E-state index in [1.807, 2.05) is 19.9 Å². The molecule has 0 fully saturated rings. The Labute approximate surface area is 125 Å². The van der Waals surface area contributed by atoms with Crippen molar-refractivity contribution in [1.29, 1.82) is 0 Å². The molecule has 1 rings (SSSR count). The van der Waals surface area contributed by atoms with Crippen molar-refractivity contribution < 1.29 is 19.4 Å². The number of carboxylic acids is 1. The smallest absolute Gasteiger partial charge is 0.315 e. The molecule has 0 aliphatic carbocycles. The number of aliphatic carboxylic acids is 1. The van der Waals surface area contributed by atoms with E-state index in [9.17, 15) is 14.7 Å². The Balaban J connectivity index is 2.64. The fraction of sp³-hybridized carbons (Fsp3) is 0.500. The van der Waals surface area contributed by atoms with E-state index in [-0.39, 0.29) is 25.2 Å². The maximum absolute atomic E-state index is 11.7. The molecule has 0 heterocycles. The molecule has 0 aliphatic rings. The van der Waals surface area contributed by atoms with Gasteiger partial charge in [-0.1, -0.05) is 37.3 Å². The summed E-state index contributed by atoms with van der Waals surface area (Å²) in [6.07, 6.45) is 0.833. The summed E-state index contributed by atoms with van der Waals surface area (Å²) < 4.78 is 5.32. The number of benzene rings is 1. The molecule has 2 unspecified atom stereocenters. The van der Waals surface area contributed by atoms with Gasteiger partial charge in [0.15, 0.2) is 0 Å². The highest BCUT2D eigenvalue weighted by molar-refractivity contribution is 5.83. The molecule has 0 spiro atoms. The molecular formula is C16H23NO4. The minimum absolute atomic E-state index is 0.00994. The molecule has 2 N–H and O–H groups in total. The molecule has 0 aliphatic heterocycles. The number of rotatable bonds is 8. The molecule has 21 heavy (non-hydrogen) atoms. The lowest BCUT2D eigenvalue weighted by Crippen LogP contribution is -2.45. The molecule has 0 saturated carbocycles. The van der Waals surface area contributed by atoms with Gasteiger partial charge in [0.25, 0.3) is 0 Å². The van der Waals surface area contributed by atoms with Gasteiger partial charge in [-0.2, -0.15) is 0 Å². The van der Waals surface area contributed by atoms with Crippen molar-refractivity contribution in [3.63, 3.8) is 0 Å². The van der Waals surface area contributed by atoms with Crippen LogP contribution in [0, 0.1) is 0 Å². The minimum Gasteiger partial charge on any atom is -0.481 e. The van der Waals surface area contributed by atoms with Crippen LogP contribution in [0.5, 0.6) is 0 Å². The number of amides is 1. The van der Waals surface area contributed by atoms with Gasteiger partial charge < -0.3 is 15.2 Å². The number of carboxylic acid groups (broad SMARTS) is 1. The predicted molar refractivity (Wildman–Crippen MR) is 80.1 cm³/mol. The summed E-state index contributed by atoms with van der Waals surface area (Å²) in [5.74, 6) is -1.28. The summed E-state index contributed by atoms with van der Waals surface area (Å²) in [5, 5.41) is 12.1. The average molecular weight is 293 g/mol. The van der Waals surface area contributed by atoms with Crippen molar-refractivity contribution in [2.24, 2.45) is 0 Å². The molecule has 116 valence electrons. The van der Waals surface area contributed by atoms with E-state index in [0.29, 0.717) is 5.56 Å². The zero-order chi connectivity index (χ0) is 15.9. The molecule has 0 saturated heterocycles. The van der Waals surface area contributed by atoms with Crippen LogP contribution in [0.2, 0.25) is 0 Å². The van der Waals surface area contributed by atoms with Gasteiger partial charge in [-0.15, -0.1) is 0 Å². The van der Waals surface area contributed by atoms with Crippen molar-refractivity contribution in [2.45, 2.75) is 38.7 Å². The normalized spacial score (nSPS) is 15.0. The average Bonchev–Trinajstić information content (AvgIpc) is 2.50. The van der Waals surface area contributed by atoms with Crippen molar-refractivity contribution in [1.82, 2.24) is 5.32 Å². The third-order valence-corrected chi connectivity index (χ3v) is 3.60. The molecule has 5 nitrogen and oxygen atoms in total. The largest absolute Gasteiger partial charge is 0.481 e. The zero-order valence-corrected chi connectivity index (χ0v) is 12.8. The van der Waals surface area contributed by atoms with Crippen molar-refractivity contribution in [3.8, 4) is 0 Å². The summed E-state index contributed by atoms with van der Waals surface area (Å²) in [6, 6.07) is 8.88. The molecule has 5 heteroatoms. The quantitative estimate of drug-likeness (QED) is 0.768. The van der Waals surface area contributed by atoms with Crippen LogP contribution >= 0.6 is 0 Å². The van der Waals surface area contributed by atoms with Gasteiger partial charge in [0.05, 0.1) is 6.10 Å². The van der Waals surface area contributed by atoms with Crippen molar-refractivity contribution in [3.05, 3.63) is 35.9 Å². The van der Waals surface area contributed by atoms with Crippen LogP contribution in [0.4, 0.5) is 0 Å². The SMILES string of the molecule is CCC(C)OCC(=O)NCC(C)(C(=O)O)c1ccccc1.